The maximum absolute atomic E-state index is 13.6. The lowest BCUT2D eigenvalue weighted by molar-refractivity contribution is 0.0988. The number of hydrogen-bond acceptors (Lipinski definition) is 4. The highest BCUT2D eigenvalue weighted by Crippen LogP contribution is 2.42. The minimum atomic E-state index is -0.397. The van der Waals surface area contributed by atoms with Crippen LogP contribution >= 0.6 is 0 Å². The molecule has 0 spiro atoms. The van der Waals surface area contributed by atoms with Crippen LogP contribution in [-0.2, 0) is 6.42 Å². The molecule has 146 valence electrons. The largest absolute Gasteiger partial charge is 0.294 e. The summed E-state index contributed by atoms with van der Waals surface area (Å²) in [6, 6.07) is 9.53. The van der Waals surface area contributed by atoms with Crippen LogP contribution in [0.25, 0.3) is 5.65 Å². The first kappa shape index (κ1) is 17.5. The van der Waals surface area contributed by atoms with Gasteiger partial charge in [-0.1, -0.05) is 26.0 Å². The molecule has 7 nitrogen and oxygen atoms in total. The fourth-order valence-corrected chi connectivity index (χ4v) is 3.93. The quantitative estimate of drug-likeness (QED) is 0.578. The van der Waals surface area contributed by atoms with E-state index in [0.29, 0.717) is 22.9 Å². The summed E-state index contributed by atoms with van der Waals surface area (Å²) in [4.78, 5) is 19.2. The van der Waals surface area contributed by atoms with Gasteiger partial charge < -0.3 is 0 Å². The summed E-state index contributed by atoms with van der Waals surface area (Å²) in [6.07, 6.45) is 3.99. The van der Waals surface area contributed by atoms with Crippen LogP contribution < -0.4 is 4.90 Å². The van der Waals surface area contributed by atoms with E-state index in [1.54, 1.807) is 27.7 Å². The van der Waals surface area contributed by atoms with Gasteiger partial charge in [0.15, 0.2) is 5.65 Å². The van der Waals surface area contributed by atoms with Gasteiger partial charge in [0.2, 0.25) is 0 Å². The van der Waals surface area contributed by atoms with Gasteiger partial charge in [-0.25, -0.2) is 13.9 Å². The van der Waals surface area contributed by atoms with Crippen molar-refractivity contribution in [3.05, 3.63) is 77.3 Å². The van der Waals surface area contributed by atoms with E-state index < -0.39 is 6.04 Å². The van der Waals surface area contributed by atoms with Crippen molar-refractivity contribution in [2.75, 3.05) is 4.90 Å². The molecule has 5 rings (SSSR count). The van der Waals surface area contributed by atoms with Crippen molar-refractivity contribution >= 4 is 17.2 Å². The van der Waals surface area contributed by atoms with Crippen LogP contribution in [0.5, 0.6) is 0 Å². The third-order valence-corrected chi connectivity index (χ3v) is 5.17. The Labute approximate surface area is 166 Å². The maximum Gasteiger partial charge on any atom is 0.277 e. The molecule has 4 heterocycles. The third kappa shape index (κ3) is 2.79. The summed E-state index contributed by atoms with van der Waals surface area (Å²) in [6.45, 7) is 4.22. The van der Waals surface area contributed by atoms with Crippen molar-refractivity contribution in [1.29, 1.82) is 0 Å². The van der Waals surface area contributed by atoms with Gasteiger partial charge in [-0.3, -0.25) is 14.8 Å². The second-order valence-corrected chi connectivity index (χ2v) is 7.64. The van der Waals surface area contributed by atoms with Crippen molar-refractivity contribution < 1.29 is 9.18 Å². The molecular formula is C21H19FN6O. The first-order chi connectivity index (χ1) is 14.0. The molecule has 0 saturated heterocycles. The summed E-state index contributed by atoms with van der Waals surface area (Å²) in [7, 11) is 0. The molecule has 0 bridgehead atoms. The number of H-pyrrole nitrogens is 1. The number of nitrogens with one attached hydrogen (secondary N) is 1. The second kappa shape index (κ2) is 6.51. The molecule has 1 amide bonds. The van der Waals surface area contributed by atoms with Crippen LogP contribution in [0.2, 0.25) is 0 Å². The number of nitrogens with zero attached hydrogens (tertiary/aromatic N) is 5. The Morgan fingerprint density at radius 1 is 1.17 bits per heavy atom. The monoisotopic (exact) mass is 390 g/mol. The number of carbonyl (C=O) groups is 1. The number of fused-ring (bicyclic) bond motifs is 2. The van der Waals surface area contributed by atoms with E-state index in [1.165, 1.54) is 18.5 Å². The van der Waals surface area contributed by atoms with Crippen LogP contribution in [0.4, 0.5) is 10.1 Å². The van der Waals surface area contributed by atoms with E-state index in [-0.39, 0.29) is 11.7 Å². The van der Waals surface area contributed by atoms with Gasteiger partial charge in [-0.15, -0.1) is 0 Å². The lowest BCUT2D eigenvalue weighted by Crippen LogP contribution is -2.29. The smallest absolute Gasteiger partial charge is 0.277 e. The molecule has 0 radical (unpaired) electrons. The van der Waals surface area contributed by atoms with Crippen molar-refractivity contribution in [3.63, 3.8) is 0 Å². The summed E-state index contributed by atoms with van der Waals surface area (Å²) in [5.74, 6) is -0.105. The lowest BCUT2D eigenvalue weighted by atomic mass is 9.95. The van der Waals surface area contributed by atoms with Crippen LogP contribution in [0, 0.1) is 11.7 Å². The standard InChI is InChI=1S/C21H19FN6O/c1-12(2)9-16-18-19(26-25-16)21(29)28(20(18)13-3-5-14(22)6-4-13)15-7-8-17-23-11-24-27(17)10-15/h3-8,10-12,20H,9H2,1-2H3,(H,25,26)/t20-/m0/s1. The molecule has 1 N–H and O–H groups in total. The molecule has 0 saturated carbocycles. The van der Waals surface area contributed by atoms with Crippen LogP contribution in [0.3, 0.4) is 0 Å². The Hall–Kier alpha value is -3.55. The number of rotatable bonds is 4. The van der Waals surface area contributed by atoms with Gasteiger partial charge >= 0.3 is 0 Å². The summed E-state index contributed by atoms with van der Waals surface area (Å²) >= 11 is 0. The highest BCUT2D eigenvalue weighted by atomic mass is 19.1. The van der Waals surface area contributed by atoms with Gasteiger partial charge in [0.25, 0.3) is 5.91 Å². The van der Waals surface area contributed by atoms with Crippen LogP contribution in [0.1, 0.15) is 47.2 Å². The van der Waals surface area contributed by atoms with Crippen molar-refractivity contribution in [1.82, 2.24) is 24.8 Å². The molecular weight excluding hydrogens is 371 g/mol. The first-order valence-corrected chi connectivity index (χ1v) is 9.48. The number of pyridine rings is 1. The molecule has 1 aromatic carbocycles. The van der Waals surface area contributed by atoms with Crippen molar-refractivity contribution in [2.24, 2.45) is 5.92 Å². The normalized spacial score (nSPS) is 16.2. The Morgan fingerprint density at radius 2 is 1.97 bits per heavy atom. The van der Waals surface area contributed by atoms with Gasteiger partial charge in [-0.2, -0.15) is 10.2 Å². The number of aromatic amines is 1. The minimum absolute atomic E-state index is 0.170. The highest BCUT2D eigenvalue weighted by Gasteiger charge is 2.43. The average Bonchev–Trinajstić information content (AvgIpc) is 3.38. The van der Waals surface area contributed by atoms with Crippen LogP contribution in [0.15, 0.2) is 48.9 Å². The predicted molar refractivity (Wildman–Crippen MR) is 105 cm³/mol. The van der Waals surface area contributed by atoms with E-state index in [0.717, 1.165) is 23.2 Å². The van der Waals surface area contributed by atoms with Crippen LogP contribution in [-0.4, -0.2) is 30.7 Å². The Morgan fingerprint density at radius 3 is 2.72 bits per heavy atom. The lowest BCUT2D eigenvalue weighted by Gasteiger charge is -2.26. The van der Waals surface area contributed by atoms with E-state index in [1.807, 2.05) is 12.1 Å². The van der Waals surface area contributed by atoms with Crippen molar-refractivity contribution in [3.8, 4) is 0 Å². The maximum atomic E-state index is 13.6. The molecule has 0 fully saturated rings. The van der Waals surface area contributed by atoms with Crippen molar-refractivity contribution in [2.45, 2.75) is 26.3 Å². The zero-order valence-corrected chi connectivity index (χ0v) is 16.0. The van der Waals surface area contributed by atoms with Gasteiger partial charge in [0, 0.05) is 5.56 Å². The van der Waals surface area contributed by atoms with E-state index in [9.17, 15) is 9.18 Å². The zero-order chi connectivity index (χ0) is 20.1. The molecule has 1 atom stereocenters. The van der Waals surface area contributed by atoms with Gasteiger partial charge in [-0.05, 0) is 42.2 Å². The summed E-state index contributed by atoms with van der Waals surface area (Å²) in [5.41, 5.74) is 4.40. The fourth-order valence-electron chi connectivity index (χ4n) is 3.93. The Kier molecular flexibility index (Phi) is 3.94. The predicted octanol–water partition coefficient (Wildman–Crippen LogP) is 3.54. The van der Waals surface area contributed by atoms with E-state index in [2.05, 4.69) is 34.1 Å². The number of halogens is 1. The highest BCUT2D eigenvalue weighted by molar-refractivity contribution is 6.10. The minimum Gasteiger partial charge on any atom is -0.294 e. The fraction of sp³-hybridized carbons (Fsp3) is 0.238. The molecule has 29 heavy (non-hydrogen) atoms. The summed E-state index contributed by atoms with van der Waals surface area (Å²) in [5, 5.41) is 11.5. The number of anilines is 1. The Balaban J connectivity index is 1.69. The second-order valence-electron chi connectivity index (χ2n) is 7.64. The number of carbonyl (C=O) groups excluding carboxylic acids is 1. The topological polar surface area (TPSA) is 79.2 Å². The molecule has 1 aliphatic heterocycles. The molecule has 3 aromatic heterocycles. The number of benzene rings is 1. The zero-order valence-electron chi connectivity index (χ0n) is 16.0. The third-order valence-electron chi connectivity index (χ3n) is 5.17. The van der Waals surface area contributed by atoms with E-state index in [4.69, 9.17) is 0 Å². The Bertz CT molecular complexity index is 1210. The first-order valence-electron chi connectivity index (χ1n) is 9.48. The molecule has 1 aliphatic rings. The van der Waals surface area contributed by atoms with Gasteiger partial charge in [0.05, 0.1) is 23.6 Å². The number of amides is 1. The molecule has 0 unspecified atom stereocenters. The number of aromatic nitrogens is 5. The molecule has 4 aromatic rings. The molecule has 0 aliphatic carbocycles. The summed E-state index contributed by atoms with van der Waals surface area (Å²) < 4.78 is 15.2. The molecule has 8 heteroatoms. The van der Waals surface area contributed by atoms with Gasteiger partial charge in [0.1, 0.15) is 17.8 Å². The average molecular weight is 390 g/mol. The SMILES string of the molecule is CC(C)Cc1n[nH]c2c1[C@H](c1ccc(F)cc1)N(c1ccc3ncnn3c1)C2=O. The van der Waals surface area contributed by atoms with E-state index >= 15 is 0 Å². The number of hydrogen-bond donors (Lipinski definition) is 1.